The van der Waals surface area contributed by atoms with Gasteiger partial charge in [-0.05, 0) is 61.6 Å². The molecule has 0 saturated heterocycles. The number of aromatic nitrogens is 2. The van der Waals surface area contributed by atoms with Gasteiger partial charge in [0, 0.05) is 23.1 Å². The first-order chi connectivity index (χ1) is 18.6. The van der Waals surface area contributed by atoms with Gasteiger partial charge in [0.05, 0.1) is 42.1 Å². The van der Waals surface area contributed by atoms with Gasteiger partial charge in [0.2, 0.25) is 5.78 Å². The van der Waals surface area contributed by atoms with E-state index in [4.69, 9.17) is 19.9 Å². The minimum absolute atomic E-state index is 0.0774. The molecule has 1 heterocycles. The molecule has 0 amide bonds. The van der Waals surface area contributed by atoms with Crippen LogP contribution in [0.15, 0.2) is 36.4 Å². The summed E-state index contributed by atoms with van der Waals surface area (Å²) in [7, 11) is -0.686. The fourth-order valence-corrected chi connectivity index (χ4v) is 4.68. The van der Waals surface area contributed by atoms with Crippen LogP contribution in [0.2, 0.25) is 0 Å². The maximum atomic E-state index is 13.0. The highest BCUT2D eigenvalue weighted by molar-refractivity contribution is 8.32. The van der Waals surface area contributed by atoms with Crippen molar-refractivity contribution in [2.24, 2.45) is 11.8 Å². The molecule has 0 aliphatic heterocycles. The lowest BCUT2D eigenvalue weighted by Gasteiger charge is -2.24. The molecule has 4 rings (SSSR count). The minimum atomic E-state index is -0.686. The SMILES string of the molecule is CC(C)C(=N)C(=O)c1ccccc1NCc1nc2cc(OCC3CC3)c(C#N)cc2n1COCCS(C)(C)C. The average molecular weight is 550 g/mol. The fourth-order valence-electron chi connectivity index (χ4n) is 4.06. The van der Waals surface area contributed by atoms with Crippen molar-refractivity contribution in [3.8, 4) is 11.8 Å². The van der Waals surface area contributed by atoms with Crippen LogP contribution in [0.3, 0.4) is 0 Å². The fraction of sp³-hybridized carbons (Fsp3) is 0.467. The van der Waals surface area contributed by atoms with Gasteiger partial charge in [-0.2, -0.15) is 5.26 Å². The Morgan fingerprint density at radius 2 is 2.00 bits per heavy atom. The normalized spacial score (nSPS) is 13.9. The van der Waals surface area contributed by atoms with Crippen LogP contribution in [0.5, 0.6) is 5.75 Å². The van der Waals surface area contributed by atoms with Crippen molar-refractivity contribution in [1.82, 2.24) is 9.55 Å². The Hall–Kier alpha value is -3.35. The highest BCUT2D eigenvalue weighted by Crippen LogP contribution is 2.34. The molecule has 2 N–H and O–H groups in total. The van der Waals surface area contributed by atoms with Crippen molar-refractivity contribution < 1.29 is 14.3 Å². The van der Waals surface area contributed by atoms with Crippen LogP contribution in [-0.2, 0) is 18.0 Å². The number of rotatable bonds is 14. The van der Waals surface area contributed by atoms with E-state index in [0.717, 1.165) is 22.6 Å². The molecular weight excluding hydrogens is 510 g/mol. The molecule has 0 atom stereocenters. The number of ketones is 1. The molecule has 3 aromatic rings. The Labute approximate surface area is 232 Å². The number of nitrogens with one attached hydrogen (secondary N) is 2. The number of para-hydroxylation sites is 1. The maximum absolute atomic E-state index is 13.0. The van der Waals surface area contributed by atoms with Gasteiger partial charge in [-0.1, -0.05) is 26.0 Å². The summed E-state index contributed by atoms with van der Waals surface area (Å²) in [6.07, 6.45) is 9.13. The summed E-state index contributed by atoms with van der Waals surface area (Å²) < 4.78 is 14.0. The van der Waals surface area contributed by atoms with Gasteiger partial charge in [0.15, 0.2) is 0 Å². The van der Waals surface area contributed by atoms with Crippen molar-refractivity contribution in [3.05, 3.63) is 53.3 Å². The molecule has 2 aromatic carbocycles. The predicted molar refractivity (Wildman–Crippen MR) is 160 cm³/mol. The third kappa shape index (κ3) is 7.40. The quantitative estimate of drug-likeness (QED) is 0.148. The molecule has 1 fully saturated rings. The Morgan fingerprint density at radius 3 is 2.67 bits per heavy atom. The molecule has 0 spiro atoms. The molecule has 208 valence electrons. The van der Waals surface area contributed by atoms with E-state index in [1.165, 1.54) is 12.8 Å². The van der Waals surface area contributed by atoms with Crippen molar-refractivity contribution >= 4 is 38.2 Å². The first-order valence-corrected chi connectivity index (χ1v) is 16.4. The summed E-state index contributed by atoms with van der Waals surface area (Å²) in [4.78, 5) is 17.8. The lowest BCUT2D eigenvalue weighted by atomic mass is 9.97. The number of hydrogen-bond acceptors (Lipinski definition) is 7. The van der Waals surface area contributed by atoms with E-state index in [1.807, 2.05) is 42.7 Å². The van der Waals surface area contributed by atoms with Gasteiger partial charge in [-0.15, -0.1) is 0 Å². The summed E-state index contributed by atoms with van der Waals surface area (Å²) in [5.74, 6) is 2.40. The first kappa shape index (κ1) is 28.7. The van der Waals surface area contributed by atoms with E-state index in [2.05, 4.69) is 30.2 Å². The Bertz CT molecular complexity index is 1400. The summed E-state index contributed by atoms with van der Waals surface area (Å²) in [6, 6.07) is 13.2. The number of carbonyl (C=O) groups is 1. The molecule has 1 saturated carbocycles. The van der Waals surface area contributed by atoms with E-state index in [-0.39, 0.29) is 17.4 Å². The highest BCUT2D eigenvalue weighted by atomic mass is 32.3. The number of carbonyl (C=O) groups excluding carboxylic acids is 1. The number of ether oxygens (including phenoxy) is 2. The largest absolute Gasteiger partial charge is 0.492 e. The Morgan fingerprint density at radius 1 is 1.26 bits per heavy atom. The van der Waals surface area contributed by atoms with Crippen molar-refractivity contribution in [2.75, 3.05) is 43.1 Å². The second-order valence-electron chi connectivity index (χ2n) is 11.3. The topological polar surface area (TPSA) is 113 Å². The predicted octanol–water partition coefficient (Wildman–Crippen LogP) is 5.84. The molecule has 0 bridgehead atoms. The third-order valence-electron chi connectivity index (χ3n) is 6.71. The van der Waals surface area contributed by atoms with Crippen molar-refractivity contribution in [1.29, 1.82) is 10.7 Å². The zero-order valence-corrected chi connectivity index (χ0v) is 24.4. The van der Waals surface area contributed by atoms with Gasteiger partial charge < -0.3 is 24.8 Å². The molecule has 9 heteroatoms. The van der Waals surface area contributed by atoms with E-state index < -0.39 is 10.0 Å². The number of anilines is 1. The van der Waals surface area contributed by atoms with Gasteiger partial charge >= 0.3 is 0 Å². The van der Waals surface area contributed by atoms with Gasteiger partial charge in [-0.25, -0.2) is 15.0 Å². The lowest BCUT2D eigenvalue weighted by molar-refractivity contribution is 0.0905. The number of nitrogens with zero attached hydrogens (tertiary/aromatic N) is 3. The van der Waals surface area contributed by atoms with Gasteiger partial charge in [0.25, 0.3) is 0 Å². The lowest BCUT2D eigenvalue weighted by Crippen LogP contribution is -2.20. The molecule has 0 unspecified atom stereocenters. The maximum Gasteiger partial charge on any atom is 0.208 e. The number of benzene rings is 2. The molecule has 1 aromatic heterocycles. The van der Waals surface area contributed by atoms with Crippen LogP contribution in [0.1, 0.15) is 48.4 Å². The van der Waals surface area contributed by atoms with Crippen molar-refractivity contribution in [2.45, 2.75) is 40.0 Å². The summed E-state index contributed by atoms with van der Waals surface area (Å²) in [5, 5.41) is 21.4. The minimum Gasteiger partial charge on any atom is -0.492 e. The zero-order valence-electron chi connectivity index (χ0n) is 23.5. The van der Waals surface area contributed by atoms with Crippen LogP contribution in [-0.4, -0.2) is 58.8 Å². The number of imidazole rings is 1. The van der Waals surface area contributed by atoms with Gasteiger partial charge in [0.1, 0.15) is 24.4 Å². The first-order valence-electron chi connectivity index (χ1n) is 13.3. The van der Waals surface area contributed by atoms with E-state index in [9.17, 15) is 10.1 Å². The summed E-state index contributed by atoms with van der Waals surface area (Å²) in [5.41, 5.74) is 3.20. The van der Waals surface area contributed by atoms with Crippen molar-refractivity contribution in [3.63, 3.8) is 0 Å². The van der Waals surface area contributed by atoms with E-state index in [0.29, 0.717) is 55.0 Å². The second-order valence-corrected chi connectivity index (χ2v) is 15.9. The van der Waals surface area contributed by atoms with Gasteiger partial charge in [-0.3, -0.25) is 4.79 Å². The van der Waals surface area contributed by atoms with E-state index in [1.54, 1.807) is 12.1 Å². The third-order valence-corrected chi connectivity index (χ3v) is 8.10. The second kappa shape index (κ2) is 12.2. The van der Waals surface area contributed by atoms with E-state index >= 15 is 0 Å². The van der Waals surface area contributed by atoms with Crippen LogP contribution in [0, 0.1) is 28.6 Å². The monoisotopic (exact) mass is 549 g/mol. The smallest absolute Gasteiger partial charge is 0.208 e. The number of fused-ring (bicyclic) bond motifs is 1. The molecule has 39 heavy (non-hydrogen) atoms. The zero-order chi connectivity index (χ0) is 28.2. The Balaban J connectivity index is 1.63. The van der Waals surface area contributed by atoms with Crippen LogP contribution >= 0.6 is 10.0 Å². The summed E-state index contributed by atoms with van der Waals surface area (Å²) >= 11 is 0. The average Bonchev–Trinajstić information content (AvgIpc) is 3.67. The summed E-state index contributed by atoms with van der Waals surface area (Å²) in [6.45, 7) is 5.57. The molecule has 1 aliphatic carbocycles. The van der Waals surface area contributed by atoms with Crippen LogP contribution in [0.25, 0.3) is 11.0 Å². The highest BCUT2D eigenvalue weighted by Gasteiger charge is 2.23. The Kier molecular flexibility index (Phi) is 8.98. The molecular formula is C30H39N5O3S. The van der Waals surface area contributed by atoms with Crippen LogP contribution in [0.4, 0.5) is 5.69 Å². The number of Topliss-reactive ketones (excluding diaryl/α,β-unsaturated/α-hetero) is 1. The number of hydrogen-bond donors (Lipinski definition) is 2. The molecule has 8 nitrogen and oxygen atoms in total. The molecule has 1 aliphatic rings. The molecule has 0 radical (unpaired) electrons. The van der Waals surface area contributed by atoms with Crippen LogP contribution < -0.4 is 10.1 Å². The number of nitriles is 1. The standard InChI is InChI=1S/C30H39N5O3S/c1-20(2)29(32)30(36)23-8-6-7-9-24(23)33-17-28-34-25-15-27(38-18-21-10-11-21)22(16-31)14-26(25)35(28)19-37-12-13-39(3,4)5/h6-9,14-15,20-21,32-33H,10-13,17-19H2,1-5H3.